The molecule has 2 aromatic rings. The third-order valence-electron chi connectivity index (χ3n) is 4.72. The molecule has 0 aromatic heterocycles. The van der Waals surface area contributed by atoms with Gasteiger partial charge in [-0.3, -0.25) is 0 Å². The second-order valence-electron chi connectivity index (χ2n) is 8.84. The Morgan fingerprint density at radius 3 is 1.53 bits per heavy atom. The first-order valence-electron chi connectivity index (χ1n) is 12.6. The van der Waals surface area contributed by atoms with E-state index < -0.39 is 11.9 Å². The number of benzene rings is 2. The highest BCUT2D eigenvalue weighted by molar-refractivity contribution is 5.87. The van der Waals surface area contributed by atoms with Gasteiger partial charge in [-0.1, -0.05) is 82.5 Å². The lowest BCUT2D eigenvalue weighted by atomic mass is 10.1. The van der Waals surface area contributed by atoms with Crippen LogP contribution in [0.5, 0.6) is 0 Å². The van der Waals surface area contributed by atoms with Crippen molar-refractivity contribution in [2.45, 2.75) is 84.8 Å². The Bertz CT molecular complexity index is 738. The molecule has 0 aliphatic carbocycles. The summed E-state index contributed by atoms with van der Waals surface area (Å²) >= 11 is 0. The molecule has 0 aliphatic rings. The van der Waals surface area contributed by atoms with Crippen molar-refractivity contribution in [2.24, 2.45) is 5.92 Å². The first-order chi connectivity index (χ1) is 17.0. The van der Waals surface area contributed by atoms with Crippen molar-refractivity contribution in [2.75, 3.05) is 0 Å². The van der Waals surface area contributed by atoms with Gasteiger partial charge < -0.3 is 20.4 Å². The van der Waals surface area contributed by atoms with E-state index in [4.69, 9.17) is 20.4 Å². The molecule has 2 aromatic carbocycles. The van der Waals surface area contributed by atoms with Crippen LogP contribution in [0.2, 0.25) is 0 Å². The average Bonchev–Trinajstić information content (AvgIpc) is 2.84. The van der Waals surface area contributed by atoms with Crippen molar-refractivity contribution in [1.82, 2.24) is 0 Å². The van der Waals surface area contributed by atoms with Gasteiger partial charge in [0.25, 0.3) is 0 Å². The summed E-state index contributed by atoms with van der Waals surface area (Å²) in [6.45, 7) is 11.9. The van der Waals surface area contributed by atoms with E-state index in [1.165, 1.54) is 25.7 Å². The lowest BCUT2D eigenvalue weighted by molar-refractivity contribution is 0.0686. The fourth-order valence-electron chi connectivity index (χ4n) is 2.85. The lowest BCUT2D eigenvalue weighted by Gasteiger charge is -2.09. The van der Waals surface area contributed by atoms with Gasteiger partial charge in [0, 0.05) is 0 Å². The van der Waals surface area contributed by atoms with Crippen LogP contribution >= 0.6 is 0 Å². The maximum atomic E-state index is 10.2. The average molecular weight is 503 g/mol. The zero-order valence-electron chi connectivity index (χ0n) is 22.3. The number of carboxylic acids is 2. The van der Waals surface area contributed by atoms with Crippen LogP contribution < -0.4 is 0 Å². The second-order valence-corrected chi connectivity index (χ2v) is 8.84. The lowest BCUT2D eigenvalue weighted by Crippen LogP contribution is -2.13. The predicted octanol–water partition coefficient (Wildman–Crippen LogP) is 7.08. The molecule has 2 rings (SSSR count). The molecule has 0 heterocycles. The molecule has 0 aliphatic heterocycles. The van der Waals surface area contributed by atoms with Crippen LogP contribution in [0.3, 0.4) is 0 Å². The van der Waals surface area contributed by atoms with Gasteiger partial charge in [-0.2, -0.15) is 0 Å². The summed E-state index contributed by atoms with van der Waals surface area (Å²) in [4.78, 5) is 20.4. The zero-order valence-corrected chi connectivity index (χ0v) is 22.3. The topological polar surface area (TPSA) is 115 Å². The Kier molecular flexibility index (Phi) is 23.2. The van der Waals surface area contributed by atoms with E-state index >= 15 is 0 Å². The number of hydrogen-bond donors (Lipinski definition) is 4. The van der Waals surface area contributed by atoms with Crippen molar-refractivity contribution in [3.05, 3.63) is 84.4 Å². The molecular weight excluding hydrogens is 456 g/mol. The third-order valence-corrected chi connectivity index (χ3v) is 4.72. The predicted molar refractivity (Wildman–Crippen MR) is 148 cm³/mol. The summed E-state index contributed by atoms with van der Waals surface area (Å²) in [6.07, 6.45) is 8.85. The van der Waals surface area contributed by atoms with Crippen molar-refractivity contribution in [3.8, 4) is 0 Å². The standard InChI is InChI=1S/C9H18.2C7H6O2.C7H16O2/c1-4-5-6-7-8-9(2)3;2*8-7(9)6-4-2-1-3-5-6;1-3-4-7(9)5-6(2)8/h4,9H,1,5-8H2,2-3H3;2*1-5H,(H,8,9);6-9H,3-5H2,1-2H3. The van der Waals surface area contributed by atoms with Gasteiger partial charge in [0.2, 0.25) is 0 Å². The molecule has 36 heavy (non-hydrogen) atoms. The molecule has 0 fully saturated rings. The van der Waals surface area contributed by atoms with Crippen LogP contribution in [0.15, 0.2) is 73.3 Å². The van der Waals surface area contributed by atoms with E-state index in [-0.39, 0.29) is 12.2 Å². The number of rotatable bonds is 11. The Morgan fingerprint density at radius 1 is 0.806 bits per heavy atom. The number of carboxylic acid groups (broad SMARTS) is 2. The second kappa shape index (κ2) is 23.8. The van der Waals surface area contributed by atoms with E-state index in [1.807, 2.05) is 13.0 Å². The highest BCUT2D eigenvalue weighted by atomic mass is 16.4. The molecule has 0 amide bonds. The van der Waals surface area contributed by atoms with Crippen molar-refractivity contribution < 1.29 is 30.0 Å². The molecule has 2 unspecified atom stereocenters. The van der Waals surface area contributed by atoms with Crippen LogP contribution in [0, 0.1) is 5.92 Å². The Morgan fingerprint density at radius 2 is 1.25 bits per heavy atom. The maximum absolute atomic E-state index is 10.2. The number of hydrogen-bond acceptors (Lipinski definition) is 4. The highest BCUT2D eigenvalue weighted by Crippen LogP contribution is 2.07. The Hall–Kier alpha value is -2.96. The number of aliphatic hydroxyl groups is 2. The van der Waals surface area contributed by atoms with E-state index in [9.17, 15) is 9.59 Å². The first-order valence-corrected chi connectivity index (χ1v) is 12.6. The van der Waals surface area contributed by atoms with E-state index in [2.05, 4.69) is 20.4 Å². The number of unbranched alkanes of at least 4 members (excludes halogenated alkanes) is 2. The summed E-state index contributed by atoms with van der Waals surface area (Å²) in [5.41, 5.74) is 0.662. The fraction of sp³-hybridized carbons (Fsp3) is 0.467. The van der Waals surface area contributed by atoms with Crippen LogP contribution in [-0.4, -0.2) is 44.6 Å². The summed E-state index contributed by atoms with van der Waals surface area (Å²) < 4.78 is 0. The van der Waals surface area contributed by atoms with E-state index in [0.717, 1.165) is 18.8 Å². The molecule has 6 nitrogen and oxygen atoms in total. The molecule has 0 saturated heterocycles. The minimum absolute atomic E-state index is 0.310. The Labute approximate surface area is 217 Å². The summed E-state index contributed by atoms with van der Waals surface area (Å²) in [5.74, 6) is -0.888. The van der Waals surface area contributed by atoms with Crippen LogP contribution in [-0.2, 0) is 0 Å². The number of aromatic carboxylic acids is 2. The van der Waals surface area contributed by atoms with Crippen molar-refractivity contribution in [3.63, 3.8) is 0 Å². The molecule has 0 bridgehead atoms. The molecule has 0 spiro atoms. The monoisotopic (exact) mass is 502 g/mol. The minimum Gasteiger partial charge on any atom is -0.478 e. The smallest absolute Gasteiger partial charge is 0.335 e. The van der Waals surface area contributed by atoms with Gasteiger partial charge >= 0.3 is 11.9 Å². The van der Waals surface area contributed by atoms with E-state index in [1.54, 1.807) is 67.6 Å². The SMILES string of the molecule is C=CCCCCC(C)C.CCCC(O)CC(C)O.O=C(O)c1ccccc1.O=C(O)c1ccccc1. The van der Waals surface area contributed by atoms with Crippen molar-refractivity contribution >= 4 is 11.9 Å². The van der Waals surface area contributed by atoms with Gasteiger partial charge in [-0.15, -0.1) is 6.58 Å². The van der Waals surface area contributed by atoms with Gasteiger partial charge in [-0.05, 0) is 62.8 Å². The van der Waals surface area contributed by atoms with Crippen LogP contribution in [0.4, 0.5) is 0 Å². The molecule has 4 N–H and O–H groups in total. The molecule has 202 valence electrons. The van der Waals surface area contributed by atoms with Gasteiger partial charge in [0.1, 0.15) is 0 Å². The number of carbonyl (C=O) groups is 2. The summed E-state index contributed by atoms with van der Waals surface area (Å²) in [7, 11) is 0. The van der Waals surface area contributed by atoms with E-state index in [0.29, 0.717) is 17.5 Å². The molecule has 0 saturated carbocycles. The molecule has 6 heteroatoms. The van der Waals surface area contributed by atoms with Gasteiger partial charge in [0.15, 0.2) is 0 Å². The quantitative estimate of drug-likeness (QED) is 0.193. The molecular formula is C30H46O6. The minimum atomic E-state index is -0.879. The number of aliphatic hydroxyl groups excluding tert-OH is 2. The molecule has 0 radical (unpaired) electrons. The van der Waals surface area contributed by atoms with Crippen molar-refractivity contribution in [1.29, 1.82) is 0 Å². The Balaban J connectivity index is 0. The molecule has 2 atom stereocenters. The van der Waals surface area contributed by atoms with Crippen LogP contribution in [0.25, 0.3) is 0 Å². The summed E-state index contributed by atoms with van der Waals surface area (Å²) in [5, 5.41) is 34.6. The first kappa shape index (κ1) is 35.2. The third kappa shape index (κ3) is 24.2. The van der Waals surface area contributed by atoms with Crippen LogP contribution in [0.1, 0.15) is 93.4 Å². The largest absolute Gasteiger partial charge is 0.478 e. The van der Waals surface area contributed by atoms with Gasteiger partial charge in [0.05, 0.1) is 23.3 Å². The van der Waals surface area contributed by atoms with Gasteiger partial charge in [-0.25, -0.2) is 9.59 Å². The fourth-order valence-corrected chi connectivity index (χ4v) is 2.85. The zero-order chi connectivity index (χ0) is 27.8. The summed E-state index contributed by atoms with van der Waals surface area (Å²) in [6, 6.07) is 16.6. The highest BCUT2D eigenvalue weighted by Gasteiger charge is 2.05. The maximum Gasteiger partial charge on any atom is 0.335 e. The normalized spacial score (nSPS) is 11.3. The number of allylic oxidation sites excluding steroid dienone is 1.